The Labute approximate surface area is 136 Å². The number of hydrogen-bond acceptors (Lipinski definition) is 4. The van der Waals surface area contributed by atoms with Crippen molar-refractivity contribution in [3.05, 3.63) is 22.2 Å². The highest BCUT2D eigenvalue weighted by Gasteiger charge is 2.14. The minimum atomic E-state index is -1.14. The van der Waals surface area contributed by atoms with Crippen molar-refractivity contribution in [1.29, 1.82) is 0 Å². The van der Waals surface area contributed by atoms with Gasteiger partial charge < -0.3 is 14.6 Å². The molecule has 1 rings (SSSR count). The zero-order chi connectivity index (χ0) is 15.1. The van der Waals surface area contributed by atoms with E-state index >= 15 is 0 Å². The van der Waals surface area contributed by atoms with Crippen LogP contribution in [0, 0.1) is 0 Å². The molecule has 1 aromatic rings. The number of halogens is 4. The maximum atomic E-state index is 11.2. The lowest BCUT2D eigenvalue weighted by Gasteiger charge is -2.12. The zero-order valence-electron chi connectivity index (χ0n) is 10.2. The van der Waals surface area contributed by atoms with Crippen molar-refractivity contribution in [2.75, 3.05) is 19.8 Å². The molecular formula is C12H12Cl4O4. The number of Topliss-reactive ketones (excluding diaryl/α,β-unsaturated/α-hetero) is 1. The van der Waals surface area contributed by atoms with Gasteiger partial charge in [-0.05, 0) is 0 Å². The SMILES string of the molecule is O=C(COc1cc(Cl)c(OCCCO)c(Cl)c1)C(Cl)Cl. The molecule has 20 heavy (non-hydrogen) atoms. The molecule has 0 atom stereocenters. The van der Waals surface area contributed by atoms with E-state index < -0.39 is 10.6 Å². The molecule has 0 unspecified atom stereocenters. The second kappa shape index (κ2) is 8.80. The van der Waals surface area contributed by atoms with Crippen molar-refractivity contribution in [1.82, 2.24) is 0 Å². The van der Waals surface area contributed by atoms with Crippen LogP contribution < -0.4 is 9.47 Å². The van der Waals surface area contributed by atoms with Crippen LogP contribution in [0.1, 0.15) is 6.42 Å². The standard InChI is InChI=1S/C12H12Cl4O4/c13-8-4-7(20-6-10(18)12(15)16)5-9(14)11(8)19-3-1-2-17/h4-5,12,17H,1-3,6H2. The number of aliphatic hydroxyl groups excluding tert-OH is 1. The third-order valence-corrected chi connectivity index (χ3v) is 3.19. The van der Waals surface area contributed by atoms with Crippen LogP contribution in [-0.4, -0.2) is 35.5 Å². The van der Waals surface area contributed by atoms with Crippen molar-refractivity contribution in [3.63, 3.8) is 0 Å². The molecule has 0 bridgehead atoms. The summed E-state index contributed by atoms with van der Waals surface area (Å²) in [6.45, 7) is 0.0143. The van der Waals surface area contributed by atoms with E-state index in [1.54, 1.807) is 0 Å². The van der Waals surface area contributed by atoms with Crippen LogP contribution in [-0.2, 0) is 4.79 Å². The van der Waals surface area contributed by atoms with Crippen LogP contribution in [0.3, 0.4) is 0 Å². The molecule has 0 saturated carbocycles. The Bertz CT molecular complexity index is 442. The van der Waals surface area contributed by atoms with E-state index in [-0.39, 0.29) is 29.9 Å². The van der Waals surface area contributed by atoms with Crippen LogP contribution in [0.2, 0.25) is 10.0 Å². The van der Waals surface area contributed by atoms with Gasteiger partial charge in [0.2, 0.25) is 5.78 Å². The molecule has 1 N–H and O–H groups in total. The quantitative estimate of drug-likeness (QED) is 0.568. The first-order valence-electron chi connectivity index (χ1n) is 5.62. The largest absolute Gasteiger partial charge is 0.490 e. The predicted octanol–water partition coefficient (Wildman–Crippen LogP) is 3.51. The average molecular weight is 362 g/mol. The van der Waals surface area contributed by atoms with Crippen LogP contribution in [0.25, 0.3) is 0 Å². The van der Waals surface area contributed by atoms with E-state index in [1.165, 1.54) is 12.1 Å². The highest BCUT2D eigenvalue weighted by Crippen LogP contribution is 2.37. The van der Waals surface area contributed by atoms with E-state index in [9.17, 15) is 4.79 Å². The molecule has 0 fully saturated rings. The summed E-state index contributed by atoms with van der Waals surface area (Å²) in [7, 11) is 0. The molecule has 0 aromatic heterocycles. The van der Waals surface area contributed by atoms with E-state index in [1.807, 2.05) is 0 Å². The first-order valence-corrected chi connectivity index (χ1v) is 7.25. The minimum Gasteiger partial charge on any atom is -0.490 e. The Morgan fingerprint density at radius 3 is 2.30 bits per heavy atom. The van der Waals surface area contributed by atoms with Gasteiger partial charge in [-0.2, -0.15) is 0 Å². The van der Waals surface area contributed by atoms with Gasteiger partial charge in [-0.25, -0.2) is 0 Å². The van der Waals surface area contributed by atoms with Crippen molar-refractivity contribution >= 4 is 52.2 Å². The van der Waals surface area contributed by atoms with E-state index in [4.69, 9.17) is 61.0 Å². The van der Waals surface area contributed by atoms with Gasteiger partial charge in [0.15, 0.2) is 10.6 Å². The average Bonchev–Trinajstić information content (AvgIpc) is 2.39. The monoisotopic (exact) mass is 360 g/mol. The summed E-state index contributed by atoms with van der Waals surface area (Å²) < 4.78 is 10.5. The summed E-state index contributed by atoms with van der Waals surface area (Å²) in [5.41, 5.74) is 0. The molecule has 8 heteroatoms. The Balaban J connectivity index is 2.70. The molecule has 1 aromatic carbocycles. The zero-order valence-corrected chi connectivity index (χ0v) is 13.3. The predicted molar refractivity (Wildman–Crippen MR) is 79.7 cm³/mol. The minimum absolute atomic E-state index is 0.0105. The molecular weight excluding hydrogens is 350 g/mol. The van der Waals surface area contributed by atoms with Gasteiger partial charge in [-0.3, -0.25) is 4.79 Å². The normalized spacial score (nSPS) is 10.7. The molecule has 0 heterocycles. The highest BCUT2D eigenvalue weighted by atomic mass is 35.5. The second-order valence-electron chi connectivity index (χ2n) is 3.70. The molecule has 112 valence electrons. The topological polar surface area (TPSA) is 55.8 Å². The molecule has 0 aliphatic carbocycles. The summed E-state index contributed by atoms with van der Waals surface area (Å²) >= 11 is 22.8. The maximum Gasteiger partial charge on any atom is 0.202 e. The molecule has 4 nitrogen and oxygen atoms in total. The number of hydrogen-bond donors (Lipinski definition) is 1. The smallest absolute Gasteiger partial charge is 0.202 e. The number of alkyl halides is 2. The lowest BCUT2D eigenvalue weighted by molar-refractivity contribution is -0.119. The Morgan fingerprint density at radius 2 is 1.80 bits per heavy atom. The first-order chi connectivity index (χ1) is 9.45. The van der Waals surface area contributed by atoms with Crippen molar-refractivity contribution in [3.8, 4) is 11.5 Å². The number of benzene rings is 1. The fourth-order valence-electron chi connectivity index (χ4n) is 1.21. The van der Waals surface area contributed by atoms with Crippen molar-refractivity contribution in [2.24, 2.45) is 0 Å². The van der Waals surface area contributed by atoms with Gasteiger partial charge in [0, 0.05) is 25.2 Å². The Hall–Kier alpha value is -0.390. The lowest BCUT2D eigenvalue weighted by atomic mass is 10.3. The molecule has 0 spiro atoms. The summed E-state index contributed by atoms with van der Waals surface area (Å²) in [5.74, 6) is 0.133. The number of aliphatic hydroxyl groups is 1. The van der Waals surface area contributed by atoms with Gasteiger partial charge in [0.1, 0.15) is 12.4 Å². The maximum absolute atomic E-state index is 11.2. The van der Waals surface area contributed by atoms with Crippen molar-refractivity contribution in [2.45, 2.75) is 11.3 Å². The van der Waals surface area contributed by atoms with E-state index in [2.05, 4.69) is 0 Å². The van der Waals surface area contributed by atoms with E-state index in [0.717, 1.165) is 0 Å². The third-order valence-electron chi connectivity index (χ3n) is 2.15. The first kappa shape index (κ1) is 17.7. The number of ether oxygens (including phenoxy) is 2. The lowest BCUT2D eigenvalue weighted by Crippen LogP contribution is -2.17. The number of ketones is 1. The van der Waals surface area contributed by atoms with Gasteiger partial charge in [0.05, 0.1) is 16.7 Å². The second-order valence-corrected chi connectivity index (χ2v) is 5.61. The molecule has 0 aliphatic rings. The fraction of sp³-hybridized carbons (Fsp3) is 0.417. The van der Waals surface area contributed by atoms with Gasteiger partial charge in [0.25, 0.3) is 0 Å². The molecule has 0 aliphatic heterocycles. The van der Waals surface area contributed by atoms with Gasteiger partial charge in [-0.15, -0.1) is 0 Å². The summed E-state index contributed by atoms with van der Waals surface area (Å²) in [5, 5.41) is 9.16. The number of carbonyl (C=O) groups excluding carboxylic acids is 1. The molecule has 0 amide bonds. The summed E-state index contributed by atoms with van der Waals surface area (Å²) in [6, 6.07) is 2.93. The molecule has 0 radical (unpaired) electrons. The van der Waals surface area contributed by atoms with Crippen LogP contribution in [0.15, 0.2) is 12.1 Å². The Kier molecular flexibility index (Phi) is 7.77. The number of carbonyl (C=O) groups is 1. The summed E-state index contributed by atoms with van der Waals surface area (Å²) in [6.07, 6.45) is 0.465. The van der Waals surface area contributed by atoms with Crippen molar-refractivity contribution < 1.29 is 19.4 Å². The fourth-order valence-corrected chi connectivity index (χ4v) is 1.92. The highest BCUT2D eigenvalue weighted by molar-refractivity contribution is 6.53. The van der Waals surface area contributed by atoms with Gasteiger partial charge >= 0.3 is 0 Å². The third kappa shape index (κ3) is 5.54. The van der Waals surface area contributed by atoms with Crippen LogP contribution >= 0.6 is 46.4 Å². The molecule has 0 saturated heterocycles. The van der Waals surface area contributed by atoms with E-state index in [0.29, 0.717) is 17.9 Å². The van der Waals surface area contributed by atoms with Crippen LogP contribution in [0.4, 0.5) is 0 Å². The Morgan fingerprint density at radius 1 is 1.20 bits per heavy atom. The summed E-state index contributed by atoms with van der Waals surface area (Å²) in [4.78, 5) is 10.1. The number of rotatable bonds is 8. The van der Waals surface area contributed by atoms with Crippen LogP contribution in [0.5, 0.6) is 11.5 Å². The van der Waals surface area contributed by atoms with Gasteiger partial charge in [-0.1, -0.05) is 46.4 Å².